The highest BCUT2D eigenvalue weighted by molar-refractivity contribution is 7.98. The van der Waals surface area contributed by atoms with Gasteiger partial charge < -0.3 is 0 Å². The Labute approximate surface area is 98.2 Å². The predicted molar refractivity (Wildman–Crippen MR) is 66.6 cm³/mol. The van der Waals surface area contributed by atoms with Crippen molar-refractivity contribution in [1.82, 2.24) is 9.78 Å². The molecule has 4 nitrogen and oxygen atoms in total. The monoisotopic (exact) mass is 232 g/mol. The molecule has 0 radical (unpaired) electrons. The van der Waals surface area contributed by atoms with Crippen LogP contribution in [0.3, 0.4) is 0 Å². The highest BCUT2D eigenvalue weighted by Gasteiger charge is 2.19. The Morgan fingerprint density at radius 1 is 1.31 bits per heavy atom. The summed E-state index contributed by atoms with van der Waals surface area (Å²) in [5.41, 5.74) is 4.48. The van der Waals surface area contributed by atoms with Crippen molar-refractivity contribution in [3.05, 3.63) is 36.4 Å². The molecular formula is C11H12N4S. The lowest BCUT2D eigenvalue weighted by Gasteiger charge is -2.17. The second-order valence-corrected chi connectivity index (χ2v) is 4.41. The number of para-hydroxylation sites is 1. The fourth-order valence-electron chi connectivity index (χ4n) is 1.75. The summed E-state index contributed by atoms with van der Waals surface area (Å²) < 4.78 is 1.97. The van der Waals surface area contributed by atoms with Gasteiger partial charge in [-0.1, -0.05) is 18.2 Å². The number of nitrogens with zero attached hydrogens (tertiary/aromatic N) is 3. The van der Waals surface area contributed by atoms with Crippen LogP contribution < -0.4 is 10.4 Å². The maximum absolute atomic E-state index is 4.46. The number of anilines is 2. The van der Waals surface area contributed by atoms with Gasteiger partial charge in [0.2, 0.25) is 0 Å². The Balaban J connectivity index is 1.84. The quantitative estimate of drug-likeness (QED) is 0.806. The van der Waals surface area contributed by atoms with Gasteiger partial charge in [-0.3, -0.25) is 10.4 Å². The molecule has 1 aromatic heterocycles. The average molecular weight is 232 g/mol. The molecule has 0 amide bonds. The van der Waals surface area contributed by atoms with Crippen LogP contribution in [0.25, 0.3) is 0 Å². The Morgan fingerprint density at radius 3 is 2.81 bits per heavy atom. The number of hydrogen-bond donors (Lipinski definition) is 1. The van der Waals surface area contributed by atoms with E-state index in [-0.39, 0.29) is 0 Å². The Bertz CT molecular complexity index is 470. The van der Waals surface area contributed by atoms with Gasteiger partial charge in [-0.05, 0) is 18.4 Å². The van der Waals surface area contributed by atoms with Gasteiger partial charge in [0.1, 0.15) is 17.5 Å². The summed E-state index contributed by atoms with van der Waals surface area (Å²) in [7, 11) is 0. The zero-order valence-corrected chi connectivity index (χ0v) is 9.74. The lowest BCUT2D eigenvalue weighted by molar-refractivity contribution is 0.648. The van der Waals surface area contributed by atoms with Crippen molar-refractivity contribution in [2.24, 2.45) is 0 Å². The molecule has 0 bridgehead atoms. The largest absolute Gasteiger partial charge is 0.280 e. The van der Waals surface area contributed by atoms with E-state index in [2.05, 4.69) is 33.7 Å². The molecule has 82 valence electrons. The van der Waals surface area contributed by atoms with Gasteiger partial charge in [0.15, 0.2) is 0 Å². The van der Waals surface area contributed by atoms with Crippen molar-refractivity contribution < 1.29 is 0 Å². The molecule has 0 spiro atoms. The van der Waals surface area contributed by atoms with E-state index in [1.807, 2.05) is 29.1 Å². The summed E-state index contributed by atoms with van der Waals surface area (Å²) in [4.78, 5) is 0. The highest BCUT2D eigenvalue weighted by atomic mass is 32.2. The van der Waals surface area contributed by atoms with Crippen LogP contribution in [-0.4, -0.2) is 16.0 Å². The summed E-state index contributed by atoms with van der Waals surface area (Å²) in [6.45, 7) is 0.750. The third kappa shape index (κ3) is 1.53. The summed E-state index contributed by atoms with van der Waals surface area (Å²) in [5.74, 6) is 1.05. The number of hydrazine groups is 1. The van der Waals surface area contributed by atoms with Crippen molar-refractivity contribution in [1.29, 1.82) is 0 Å². The summed E-state index contributed by atoms with van der Waals surface area (Å²) >= 11 is 1.66. The second-order valence-electron chi connectivity index (χ2n) is 3.59. The molecule has 2 aromatic rings. The van der Waals surface area contributed by atoms with E-state index >= 15 is 0 Å². The van der Waals surface area contributed by atoms with E-state index in [0.717, 1.165) is 23.2 Å². The van der Waals surface area contributed by atoms with Crippen molar-refractivity contribution in [3.8, 4) is 0 Å². The first-order valence-electron chi connectivity index (χ1n) is 5.08. The number of fused-ring (bicyclic) bond motifs is 1. The normalized spacial score (nSPS) is 13.7. The molecule has 1 aromatic carbocycles. The van der Waals surface area contributed by atoms with Gasteiger partial charge in [0, 0.05) is 6.07 Å². The molecule has 1 aliphatic heterocycles. The van der Waals surface area contributed by atoms with Gasteiger partial charge in [-0.25, -0.2) is 4.68 Å². The van der Waals surface area contributed by atoms with Crippen LogP contribution in [0.15, 0.2) is 41.4 Å². The van der Waals surface area contributed by atoms with E-state index < -0.39 is 0 Å². The molecule has 0 atom stereocenters. The minimum atomic E-state index is 0.750. The molecule has 0 aliphatic carbocycles. The average Bonchev–Trinajstić information content (AvgIpc) is 2.87. The van der Waals surface area contributed by atoms with E-state index in [1.165, 1.54) is 0 Å². The maximum atomic E-state index is 4.46. The molecule has 1 N–H and O–H groups in total. The molecule has 0 saturated heterocycles. The Morgan fingerprint density at radius 2 is 2.12 bits per heavy atom. The Kier molecular flexibility index (Phi) is 2.25. The molecule has 2 heterocycles. The van der Waals surface area contributed by atoms with Crippen LogP contribution in [0.4, 0.5) is 11.5 Å². The fraction of sp³-hybridized carbons (Fsp3) is 0.182. The number of thioether (sulfide) groups is 1. The predicted octanol–water partition coefficient (Wildman–Crippen LogP) is 2.41. The van der Waals surface area contributed by atoms with Crippen molar-refractivity contribution in [3.63, 3.8) is 0 Å². The van der Waals surface area contributed by atoms with Gasteiger partial charge in [0.05, 0.1) is 5.69 Å². The van der Waals surface area contributed by atoms with Crippen molar-refractivity contribution in [2.75, 3.05) is 16.7 Å². The summed E-state index contributed by atoms with van der Waals surface area (Å²) in [5, 5.41) is 7.59. The minimum Gasteiger partial charge on any atom is -0.280 e. The van der Waals surface area contributed by atoms with Gasteiger partial charge >= 0.3 is 0 Å². The first-order valence-corrected chi connectivity index (χ1v) is 6.30. The second kappa shape index (κ2) is 3.75. The van der Waals surface area contributed by atoms with E-state index in [1.54, 1.807) is 11.8 Å². The molecule has 0 unspecified atom stereocenters. The SMILES string of the molecule is CSc1cc2n(n1)CN(c1ccccc1)N2. The van der Waals surface area contributed by atoms with Crippen LogP contribution in [0, 0.1) is 0 Å². The van der Waals surface area contributed by atoms with E-state index in [9.17, 15) is 0 Å². The van der Waals surface area contributed by atoms with Crippen LogP contribution in [0.1, 0.15) is 0 Å². The van der Waals surface area contributed by atoms with Crippen LogP contribution in [0.2, 0.25) is 0 Å². The lowest BCUT2D eigenvalue weighted by atomic mass is 10.3. The molecule has 3 rings (SSSR count). The number of rotatable bonds is 2. The molecule has 0 saturated carbocycles. The first-order chi connectivity index (χ1) is 7.86. The number of nitrogens with one attached hydrogen (secondary N) is 1. The smallest absolute Gasteiger partial charge is 0.146 e. The maximum Gasteiger partial charge on any atom is 0.146 e. The topological polar surface area (TPSA) is 33.1 Å². The van der Waals surface area contributed by atoms with Crippen molar-refractivity contribution >= 4 is 23.3 Å². The zero-order valence-electron chi connectivity index (χ0n) is 8.92. The first kappa shape index (κ1) is 9.59. The molecule has 1 aliphatic rings. The lowest BCUT2D eigenvalue weighted by Crippen LogP contribution is -2.23. The number of aromatic nitrogens is 2. The standard InChI is InChI=1S/C11H12N4S/c1-16-11-7-10-12-14(8-15(10)13-11)9-5-3-2-4-6-9/h2-7,12H,8H2,1H3. The fourth-order valence-corrected chi connectivity index (χ4v) is 2.16. The zero-order chi connectivity index (χ0) is 11.0. The van der Waals surface area contributed by atoms with E-state index in [0.29, 0.717) is 0 Å². The number of hydrogen-bond acceptors (Lipinski definition) is 4. The summed E-state index contributed by atoms with van der Waals surface area (Å²) in [6, 6.07) is 12.3. The van der Waals surface area contributed by atoms with Gasteiger partial charge in [-0.2, -0.15) is 5.10 Å². The van der Waals surface area contributed by atoms with Crippen LogP contribution in [-0.2, 0) is 6.67 Å². The number of benzene rings is 1. The Hall–Kier alpha value is -1.62. The third-order valence-electron chi connectivity index (χ3n) is 2.56. The molecule has 0 fully saturated rings. The van der Waals surface area contributed by atoms with Crippen molar-refractivity contribution in [2.45, 2.75) is 11.7 Å². The highest BCUT2D eigenvalue weighted by Crippen LogP contribution is 2.26. The van der Waals surface area contributed by atoms with Crippen LogP contribution in [0.5, 0.6) is 0 Å². The molecule has 5 heteroatoms. The minimum absolute atomic E-state index is 0.750. The van der Waals surface area contributed by atoms with Crippen LogP contribution >= 0.6 is 11.8 Å². The van der Waals surface area contributed by atoms with E-state index in [4.69, 9.17) is 0 Å². The third-order valence-corrected chi connectivity index (χ3v) is 3.18. The van der Waals surface area contributed by atoms with Gasteiger partial charge in [0.25, 0.3) is 0 Å². The molecule has 16 heavy (non-hydrogen) atoms. The molecular weight excluding hydrogens is 220 g/mol. The van der Waals surface area contributed by atoms with Gasteiger partial charge in [-0.15, -0.1) is 11.8 Å². The summed E-state index contributed by atoms with van der Waals surface area (Å²) in [6.07, 6.45) is 2.03.